The molecule has 0 aliphatic heterocycles. The molecule has 13 heteroatoms. The molecule has 1 aromatic rings. The summed E-state index contributed by atoms with van der Waals surface area (Å²) >= 11 is 0. The van der Waals surface area contributed by atoms with E-state index in [0.29, 0.717) is 37.7 Å². The van der Waals surface area contributed by atoms with Crippen LogP contribution in [0.1, 0.15) is 64.9 Å². The van der Waals surface area contributed by atoms with Gasteiger partial charge in [-0.2, -0.15) is 21.6 Å². The van der Waals surface area contributed by atoms with Crippen LogP contribution < -0.4 is 0 Å². The zero-order valence-electron chi connectivity index (χ0n) is 23.2. The molecule has 5 atom stereocenters. The van der Waals surface area contributed by atoms with Gasteiger partial charge in [0.25, 0.3) is 5.92 Å². The molecule has 0 radical (unpaired) electrons. The highest BCUT2D eigenvalue weighted by Crippen LogP contribution is 2.46. The van der Waals surface area contributed by atoms with Crippen LogP contribution in [-0.2, 0) is 39.9 Å². The summed E-state index contributed by atoms with van der Waals surface area (Å²) in [7, 11) is -6.40. The average molecular weight is 605 g/mol. The van der Waals surface area contributed by atoms with Crippen LogP contribution in [-0.4, -0.2) is 70.7 Å². The fraction of sp³-hybridized carbons (Fsp3) is 0.778. The van der Waals surface area contributed by atoms with Crippen molar-refractivity contribution >= 4 is 10.1 Å². The van der Waals surface area contributed by atoms with Gasteiger partial charge in [-0.15, -0.1) is 0 Å². The van der Waals surface area contributed by atoms with Crippen molar-refractivity contribution in [1.29, 1.82) is 0 Å². The van der Waals surface area contributed by atoms with Gasteiger partial charge >= 0.3 is 15.6 Å². The van der Waals surface area contributed by atoms with Gasteiger partial charge in [0.15, 0.2) is 6.10 Å². The average Bonchev–Trinajstić information content (AvgIpc) is 2.89. The number of hydrogen-bond donors (Lipinski definition) is 0. The van der Waals surface area contributed by atoms with Gasteiger partial charge < -0.3 is 18.9 Å². The Hall–Kier alpha value is -1.38. The molecule has 40 heavy (non-hydrogen) atoms. The third-order valence-corrected chi connectivity index (χ3v) is 7.60. The molecule has 1 aliphatic rings. The Balaban J connectivity index is 2.57. The van der Waals surface area contributed by atoms with Gasteiger partial charge in [0, 0.05) is 19.8 Å². The number of benzene rings is 1. The highest BCUT2D eigenvalue weighted by molar-refractivity contribution is 7.87. The van der Waals surface area contributed by atoms with Gasteiger partial charge in [-0.05, 0) is 24.8 Å². The maximum absolute atomic E-state index is 16.2. The molecule has 1 fully saturated rings. The largest absolute Gasteiger partial charge is 0.523 e. The third kappa shape index (κ3) is 9.59. The third-order valence-electron chi connectivity index (χ3n) is 6.57. The van der Waals surface area contributed by atoms with Gasteiger partial charge in [0.05, 0.1) is 25.2 Å². The maximum atomic E-state index is 16.2. The minimum atomic E-state index is -6.40. The Morgan fingerprint density at radius 1 is 0.800 bits per heavy atom. The minimum absolute atomic E-state index is 0.0632. The van der Waals surface area contributed by atoms with E-state index < -0.39 is 58.5 Å². The van der Waals surface area contributed by atoms with Crippen LogP contribution in [0.25, 0.3) is 0 Å². The fourth-order valence-corrected chi connectivity index (χ4v) is 4.91. The van der Waals surface area contributed by atoms with Crippen LogP contribution >= 0.6 is 0 Å². The Bertz CT molecular complexity index is 946. The molecule has 0 bridgehead atoms. The lowest BCUT2D eigenvalue weighted by Gasteiger charge is -2.49. The van der Waals surface area contributed by atoms with Crippen LogP contribution in [0.4, 0.5) is 22.0 Å². The van der Waals surface area contributed by atoms with Gasteiger partial charge in [-0.1, -0.05) is 70.4 Å². The molecule has 0 spiro atoms. The Labute approximate surface area is 233 Å². The summed E-state index contributed by atoms with van der Waals surface area (Å²) in [5.74, 6) is -6.05. The number of hydrogen-bond acceptors (Lipinski definition) is 7. The van der Waals surface area contributed by atoms with Gasteiger partial charge in [0.1, 0.15) is 12.2 Å². The van der Waals surface area contributed by atoms with Crippen molar-refractivity contribution < 1.29 is 53.5 Å². The van der Waals surface area contributed by atoms with Crippen LogP contribution in [0.3, 0.4) is 0 Å². The van der Waals surface area contributed by atoms with E-state index in [9.17, 15) is 21.6 Å². The molecule has 1 saturated carbocycles. The van der Waals surface area contributed by atoms with Crippen molar-refractivity contribution in [1.82, 2.24) is 0 Å². The van der Waals surface area contributed by atoms with E-state index in [-0.39, 0.29) is 26.4 Å². The van der Waals surface area contributed by atoms with Crippen LogP contribution in [0.2, 0.25) is 0 Å². The summed E-state index contributed by atoms with van der Waals surface area (Å²) in [5.41, 5.74) is -5.24. The zero-order valence-corrected chi connectivity index (χ0v) is 24.0. The van der Waals surface area contributed by atoms with Gasteiger partial charge in [-0.25, -0.2) is 8.78 Å². The summed E-state index contributed by atoms with van der Waals surface area (Å²) in [5, 5.41) is 0. The first-order valence-corrected chi connectivity index (χ1v) is 15.1. The second kappa shape index (κ2) is 16.3. The molecule has 0 N–H and O–H groups in total. The maximum Gasteiger partial charge on any atom is 0.523 e. The molecular formula is C27H41F5O7S. The molecule has 0 amide bonds. The highest BCUT2D eigenvalue weighted by Gasteiger charge is 2.66. The van der Waals surface area contributed by atoms with E-state index in [4.69, 9.17) is 18.9 Å². The summed E-state index contributed by atoms with van der Waals surface area (Å²) in [4.78, 5) is 0. The molecule has 0 saturated heterocycles. The molecule has 0 aromatic heterocycles. The summed E-state index contributed by atoms with van der Waals surface area (Å²) < 4.78 is 124. The van der Waals surface area contributed by atoms with E-state index in [0.717, 1.165) is 6.42 Å². The van der Waals surface area contributed by atoms with E-state index in [1.165, 1.54) is 0 Å². The smallest absolute Gasteiger partial charge is 0.381 e. The summed E-state index contributed by atoms with van der Waals surface area (Å²) in [6, 6.07) is 8.74. The zero-order chi connectivity index (χ0) is 29.8. The first-order chi connectivity index (χ1) is 18.9. The highest BCUT2D eigenvalue weighted by atomic mass is 32.2. The Kier molecular flexibility index (Phi) is 14.2. The summed E-state index contributed by atoms with van der Waals surface area (Å²) in [6.45, 7) is 4.91. The second-order valence-corrected chi connectivity index (χ2v) is 11.3. The quantitative estimate of drug-likeness (QED) is 0.0847. The monoisotopic (exact) mass is 604 g/mol. The number of rotatable bonds is 18. The molecule has 0 heterocycles. The lowest BCUT2D eigenvalue weighted by atomic mass is 9.77. The number of halogens is 5. The Morgan fingerprint density at radius 2 is 1.35 bits per heavy atom. The van der Waals surface area contributed by atoms with E-state index in [2.05, 4.69) is 4.18 Å². The molecule has 1 aliphatic carbocycles. The van der Waals surface area contributed by atoms with Crippen molar-refractivity contribution in [3.63, 3.8) is 0 Å². The number of alkyl halides is 5. The molecule has 7 nitrogen and oxygen atoms in total. The predicted octanol–water partition coefficient (Wildman–Crippen LogP) is 6.26. The van der Waals surface area contributed by atoms with Crippen LogP contribution in [0, 0.1) is 5.92 Å². The van der Waals surface area contributed by atoms with Gasteiger partial charge in [-0.3, -0.25) is 4.18 Å². The summed E-state index contributed by atoms with van der Waals surface area (Å²) in [6.07, 6.45) is -3.98. The SMILES string of the molecule is CCCCOC[C@@H]1[C@@H](OCc2ccccc2)[C@H](OCCCC)[C@@H](OCCCC)[C@H](OS(=O)(=O)C(F)(F)F)C1(F)F. The first-order valence-electron chi connectivity index (χ1n) is 13.7. The van der Waals surface area contributed by atoms with Crippen molar-refractivity contribution in [3.05, 3.63) is 35.9 Å². The van der Waals surface area contributed by atoms with E-state index >= 15 is 8.78 Å². The topological polar surface area (TPSA) is 80.3 Å². The van der Waals surface area contributed by atoms with Crippen LogP contribution in [0.5, 0.6) is 0 Å². The predicted molar refractivity (Wildman–Crippen MR) is 138 cm³/mol. The van der Waals surface area contributed by atoms with Crippen molar-refractivity contribution in [2.45, 2.75) is 102 Å². The van der Waals surface area contributed by atoms with Crippen molar-refractivity contribution in [2.24, 2.45) is 5.92 Å². The van der Waals surface area contributed by atoms with Crippen molar-refractivity contribution in [3.8, 4) is 0 Å². The Morgan fingerprint density at radius 3 is 1.90 bits per heavy atom. The standard InChI is InChI=1S/C27H41F5O7S/c1-4-7-15-35-19-21-22(38-18-20-13-11-10-12-14-20)23(36-16-8-5-2)24(37-17-9-6-3)25(26(21,28)29)39-40(33,34)27(30,31)32/h10-14,21-25H,4-9,15-19H2,1-3H3/t21-,22-,23+,24-,25+/m1/s1. The molecule has 1 aromatic carbocycles. The minimum Gasteiger partial charge on any atom is -0.381 e. The van der Waals surface area contributed by atoms with Crippen molar-refractivity contribution in [2.75, 3.05) is 26.4 Å². The van der Waals surface area contributed by atoms with Gasteiger partial charge in [0.2, 0.25) is 0 Å². The first kappa shape index (κ1) is 34.8. The van der Waals surface area contributed by atoms with Crippen LogP contribution in [0.15, 0.2) is 30.3 Å². The second-order valence-electron chi connectivity index (χ2n) is 9.77. The lowest BCUT2D eigenvalue weighted by molar-refractivity contribution is -0.295. The van der Waals surface area contributed by atoms with E-state index in [1.807, 2.05) is 20.8 Å². The number of ether oxygens (including phenoxy) is 4. The molecular weight excluding hydrogens is 563 g/mol. The molecule has 0 unspecified atom stereocenters. The molecule has 232 valence electrons. The molecule has 2 rings (SSSR count). The van der Waals surface area contributed by atoms with E-state index in [1.54, 1.807) is 30.3 Å². The lowest BCUT2D eigenvalue weighted by Crippen LogP contribution is -2.68. The fourth-order valence-electron chi connectivity index (χ4n) is 4.29. The number of unbranched alkanes of at least 4 members (excludes halogenated alkanes) is 3. The normalized spacial score (nSPS) is 25.2.